The zero-order valence-electron chi connectivity index (χ0n) is 10.8. The van der Waals surface area contributed by atoms with Crippen LogP contribution in [0.2, 0.25) is 0 Å². The van der Waals surface area contributed by atoms with Gasteiger partial charge in [0.15, 0.2) is 0 Å². The maximum Gasteiger partial charge on any atom is 0.146 e. The monoisotopic (exact) mass is 253 g/mol. The van der Waals surface area contributed by atoms with Crippen LogP contribution in [0.25, 0.3) is 0 Å². The molecule has 0 radical (unpaired) electrons. The lowest BCUT2D eigenvalue weighted by Crippen LogP contribution is -2.24. The largest absolute Gasteiger partial charge is 0.393 e. The van der Waals surface area contributed by atoms with Crippen LogP contribution in [-0.2, 0) is 0 Å². The average Bonchev–Trinajstić information content (AvgIpc) is 2.78. The molecule has 1 aromatic rings. The molecule has 2 rings (SSSR count). The number of benzene rings is 1. The minimum absolute atomic E-state index is 0.209. The first kappa shape index (κ1) is 13.3. The van der Waals surface area contributed by atoms with E-state index in [1.54, 1.807) is 26.0 Å². The van der Waals surface area contributed by atoms with Crippen LogP contribution in [0.5, 0.6) is 0 Å². The van der Waals surface area contributed by atoms with Crippen molar-refractivity contribution >= 4 is 5.69 Å². The molecule has 0 aromatic heterocycles. The predicted octanol–water partition coefficient (Wildman–Crippen LogP) is 2.09. The summed E-state index contributed by atoms with van der Waals surface area (Å²) in [6.07, 6.45) is -0.123. The summed E-state index contributed by atoms with van der Waals surface area (Å²) in [5.74, 6) is -0.0968. The van der Waals surface area contributed by atoms with Crippen LogP contribution < -0.4 is 4.90 Å². The normalized spacial score (nSPS) is 23.2. The Morgan fingerprint density at radius 2 is 2.06 bits per heavy atom. The van der Waals surface area contributed by atoms with Crippen LogP contribution in [-0.4, -0.2) is 29.4 Å². The Bertz CT molecular complexity index is 420. The number of nitrogens with zero attached hydrogens (tertiary/aromatic N) is 1. The number of anilines is 1. The molecule has 4 heteroatoms. The molecule has 3 nitrogen and oxygen atoms in total. The zero-order valence-corrected chi connectivity index (χ0v) is 10.8. The van der Waals surface area contributed by atoms with Gasteiger partial charge >= 0.3 is 0 Å². The van der Waals surface area contributed by atoms with Crippen LogP contribution >= 0.6 is 0 Å². The van der Waals surface area contributed by atoms with Crippen molar-refractivity contribution in [1.29, 1.82) is 0 Å². The molecular weight excluding hydrogens is 233 g/mol. The van der Waals surface area contributed by atoms with Crippen molar-refractivity contribution in [3.63, 3.8) is 0 Å². The Hall–Kier alpha value is -1.13. The van der Waals surface area contributed by atoms with E-state index < -0.39 is 6.10 Å². The van der Waals surface area contributed by atoms with Gasteiger partial charge in [0.25, 0.3) is 0 Å². The highest BCUT2D eigenvalue weighted by Crippen LogP contribution is 2.29. The van der Waals surface area contributed by atoms with E-state index in [4.69, 9.17) is 0 Å². The van der Waals surface area contributed by atoms with E-state index in [0.29, 0.717) is 17.8 Å². The smallest absolute Gasteiger partial charge is 0.146 e. The summed E-state index contributed by atoms with van der Waals surface area (Å²) in [4.78, 5) is 1.96. The Balaban J connectivity index is 2.15. The fourth-order valence-corrected chi connectivity index (χ4v) is 2.44. The molecule has 2 N–H and O–H groups in total. The number of halogens is 1. The summed E-state index contributed by atoms with van der Waals surface area (Å²) in [7, 11) is 0. The lowest BCUT2D eigenvalue weighted by Gasteiger charge is -2.21. The van der Waals surface area contributed by atoms with Crippen molar-refractivity contribution in [3.8, 4) is 0 Å². The first-order valence-electron chi connectivity index (χ1n) is 6.39. The van der Waals surface area contributed by atoms with Gasteiger partial charge in [0.2, 0.25) is 0 Å². The molecule has 1 saturated heterocycles. The summed E-state index contributed by atoms with van der Waals surface area (Å²) in [6, 6.07) is 4.84. The molecule has 1 aliphatic heterocycles. The van der Waals surface area contributed by atoms with E-state index in [-0.39, 0.29) is 17.8 Å². The fourth-order valence-electron chi connectivity index (χ4n) is 2.44. The predicted molar refractivity (Wildman–Crippen MR) is 69.0 cm³/mol. The van der Waals surface area contributed by atoms with E-state index in [9.17, 15) is 14.6 Å². The van der Waals surface area contributed by atoms with E-state index in [1.807, 2.05) is 4.90 Å². The highest BCUT2D eigenvalue weighted by Gasteiger charge is 2.27. The van der Waals surface area contributed by atoms with E-state index >= 15 is 0 Å². The molecule has 0 aliphatic carbocycles. The van der Waals surface area contributed by atoms with Crippen molar-refractivity contribution < 1.29 is 14.6 Å². The molecule has 0 bridgehead atoms. The van der Waals surface area contributed by atoms with Crippen molar-refractivity contribution in [1.82, 2.24) is 0 Å². The molecule has 1 aromatic carbocycles. The second-order valence-corrected chi connectivity index (χ2v) is 5.12. The number of rotatable bonds is 3. The van der Waals surface area contributed by atoms with Crippen LogP contribution in [0.4, 0.5) is 10.1 Å². The maximum absolute atomic E-state index is 14.0. The molecular formula is C14H20FNO2. The van der Waals surface area contributed by atoms with E-state index in [1.165, 1.54) is 6.07 Å². The van der Waals surface area contributed by atoms with Crippen molar-refractivity contribution in [2.24, 2.45) is 5.92 Å². The number of hydrogen-bond donors (Lipinski definition) is 2. The lowest BCUT2D eigenvalue weighted by atomic mass is 10.0. The third kappa shape index (κ3) is 2.65. The summed E-state index contributed by atoms with van der Waals surface area (Å²) in [5, 5.41) is 19.0. The molecule has 0 saturated carbocycles. The average molecular weight is 253 g/mol. The van der Waals surface area contributed by atoms with Crippen LogP contribution in [0.3, 0.4) is 0 Å². The number of hydrogen-bond acceptors (Lipinski definition) is 3. The third-order valence-electron chi connectivity index (χ3n) is 3.70. The van der Waals surface area contributed by atoms with E-state index in [2.05, 4.69) is 0 Å². The first-order chi connectivity index (χ1) is 8.49. The van der Waals surface area contributed by atoms with Gasteiger partial charge in [-0.3, -0.25) is 0 Å². The Labute approximate surface area is 107 Å². The molecule has 0 amide bonds. The van der Waals surface area contributed by atoms with Gasteiger partial charge in [-0.05, 0) is 38.0 Å². The highest BCUT2D eigenvalue weighted by molar-refractivity contribution is 5.50. The molecule has 100 valence electrons. The Morgan fingerprint density at radius 1 is 1.33 bits per heavy atom. The van der Waals surface area contributed by atoms with Gasteiger partial charge in [-0.2, -0.15) is 0 Å². The molecule has 1 heterocycles. The third-order valence-corrected chi connectivity index (χ3v) is 3.70. The topological polar surface area (TPSA) is 43.7 Å². The fraction of sp³-hybridized carbons (Fsp3) is 0.571. The van der Waals surface area contributed by atoms with Crippen LogP contribution in [0, 0.1) is 11.7 Å². The quantitative estimate of drug-likeness (QED) is 0.867. The minimum Gasteiger partial charge on any atom is -0.393 e. The summed E-state index contributed by atoms with van der Waals surface area (Å²) >= 11 is 0. The Kier molecular flexibility index (Phi) is 3.88. The molecule has 2 unspecified atom stereocenters. The molecule has 18 heavy (non-hydrogen) atoms. The molecule has 1 fully saturated rings. The maximum atomic E-state index is 14.0. The van der Waals surface area contributed by atoms with Gasteiger partial charge in [-0.25, -0.2) is 4.39 Å². The SMILES string of the molecule is CC(O)C1CCN(c2ccc([C@@H](C)O)cc2F)C1. The van der Waals surface area contributed by atoms with Crippen molar-refractivity contribution in [2.75, 3.05) is 18.0 Å². The number of aliphatic hydroxyl groups excluding tert-OH is 2. The second kappa shape index (κ2) is 5.24. The summed E-state index contributed by atoms with van der Waals surface area (Å²) < 4.78 is 14.0. The van der Waals surface area contributed by atoms with Crippen LogP contribution in [0.15, 0.2) is 18.2 Å². The summed E-state index contributed by atoms with van der Waals surface area (Å²) in [5.41, 5.74) is 1.14. The number of aliphatic hydroxyl groups is 2. The van der Waals surface area contributed by atoms with Gasteiger partial charge in [0.05, 0.1) is 17.9 Å². The first-order valence-corrected chi connectivity index (χ1v) is 6.39. The van der Waals surface area contributed by atoms with Gasteiger partial charge in [-0.1, -0.05) is 6.07 Å². The molecule has 1 aliphatic rings. The van der Waals surface area contributed by atoms with Gasteiger partial charge in [0.1, 0.15) is 5.82 Å². The van der Waals surface area contributed by atoms with Crippen molar-refractivity contribution in [3.05, 3.63) is 29.6 Å². The van der Waals surface area contributed by atoms with Crippen LogP contribution in [0.1, 0.15) is 31.9 Å². The van der Waals surface area contributed by atoms with Gasteiger partial charge in [0, 0.05) is 19.0 Å². The zero-order chi connectivity index (χ0) is 13.3. The van der Waals surface area contributed by atoms with Crippen molar-refractivity contribution in [2.45, 2.75) is 32.5 Å². The van der Waals surface area contributed by atoms with Gasteiger partial charge < -0.3 is 15.1 Å². The molecule has 3 atom stereocenters. The lowest BCUT2D eigenvalue weighted by molar-refractivity contribution is 0.136. The van der Waals surface area contributed by atoms with E-state index in [0.717, 1.165) is 13.0 Å². The highest BCUT2D eigenvalue weighted by atomic mass is 19.1. The minimum atomic E-state index is -0.655. The Morgan fingerprint density at radius 3 is 2.56 bits per heavy atom. The second-order valence-electron chi connectivity index (χ2n) is 5.12. The standard InChI is InChI=1S/C14H20FNO2/c1-9(17)11-3-4-14(13(15)7-11)16-6-5-12(8-16)10(2)18/h3-4,7,9-10,12,17-18H,5-6,8H2,1-2H3/t9-,10?,12?/m1/s1. The summed E-state index contributed by atoms with van der Waals surface area (Å²) in [6.45, 7) is 4.85. The molecule has 0 spiro atoms. The van der Waals surface area contributed by atoms with Gasteiger partial charge in [-0.15, -0.1) is 0 Å².